The van der Waals surface area contributed by atoms with Gasteiger partial charge in [-0.05, 0) is 44.7 Å². The smallest absolute Gasteiger partial charge is 0.140 e. The Morgan fingerprint density at radius 3 is 2.27 bits per heavy atom. The van der Waals surface area contributed by atoms with Crippen LogP contribution in [0.25, 0.3) is 42.7 Å². The minimum atomic E-state index is -1.23. The number of nitrogens with zero attached hydrogens (tertiary/aromatic N) is 2. The average Bonchev–Trinajstić information content (AvgIpc) is 3.34. The van der Waals surface area contributed by atoms with Crippen molar-refractivity contribution in [2.24, 2.45) is 0 Å². The second-order valence-corrected chi connectivity index (χ2v) is 17.0. The Bertz CT molecular complexity index is 1730. The van der Waals surface area contributed by atoms with E-state index in [9.17, 15) is 4.39 Å². The van der Waals surface area contributed by atoms with Crippen LogP contribution in [0.1, 0.15) is 25.3 Å². The summed E-state index contributed by atoms with van der Waals surface area (Å²) in [5.74, 6) is 0.273. The SMILES string of the molecule is CC(C)c1ccnc(-c2[c-]ccc3c2sc2c(F)cccc23)c1.C[Si](C)(C)c1ccc(-c2[c-]cccc2)nc1.[Ir]. The molecule has 1 radical (unpaired) electrons. The third-order valence-corrected chi connectivity index (χ3v) is 10.0. The monoisotopic (exact) mass is 739 g/mol. The van der Waals surface area contributed by atoms with Crippen molar-refractivity contribution in [3.8, 4) is 22.5 Å². The molecule has 0 spiro atoms. The molecule has 2 nitrogen and oxygen atoms in total. The molecular weight excluding hydrogens is 708 g/mol. The van der Waals surface area contributed by atoms with Crippen LogP contribution in [0.2, 0.25) is 19.6 Å². The molecule has 0 atom stereocenters. The number of aromatic nitrogens is 2. The first-order valence-corrected chi connectivity index (χ1v) is 17.5. The molecule has 0 N–H and O–H groups in total. The summed E-state index contributed by atoms with van der Waals surface area (Å²) in [6.07, 6.45) is 3.85. The number of hydrogen-bond donors (Lipinski definition) is 0. The van der Waals surface area contributed by atoms with Crippen LogP contribution in [0.5, 0.6) is 0 Å². The first-order valence-electron chi connectivity index (χ1n) is 13.1. The van der Waals surface area contributed by atoms with Gasteiger partial charge in [0.05, 0.1) is 12.8 Å². The van der Waals surface area contributed by atoms with Crippen molar-refractivity contribution >= 4 is 44.8 Å². The van der Waals surface area contributed by atoms with Gasteiger partial charge in [-0.15, -0.1) is 59.7 Å². The van der Waals surface area contributed by atoms with Gasteiger partial charge < -0.3 is 9.97 Å². The van der Waals surface area contributed by atoms with Crippen LogP contribution >= 0.6 is 11.3 Å². The van der Waals surface area contributed by atoms with E-state index in [1.165, 1.54) is 28.2 Å². The molecule has 0 unspecified atom stereocenters. The first-order chi connectivity index (χ1) is 18.7. The second-order valence-electron chi connectivity index (χ2n) is 10.9. The van der Waals surface area contributed by atoms with Gasteiger partial charge in [0, 0.05) is 32.5 Å². The number of benzene rings is 3. The molecule has 0 aliphatic carbocycles. The molecule has 3 aromatic carbocycles. The maximum Gasteiger partial charge on any atom is 0.140 e. The summed E-state index contributed by atoms with van der Waals surface area (Å²) in [7, 11) is -1.23. The van der Waals surface area contributed by atoms with Crippen LogP contribution in [-0.4, -0.2) is 18.0 Å². The van der Waals surface area contributed by atoms with E-state index in [4.69, 9.17) is 0 Å². The molecule has 0 fully saturated rings. The van der Waals surface area contributed by atoms with Crippen molar-refractivity contribution < 1.29 is 24.5 Å². The Morgan fingerprint density at radius 2 is 1.60 bits per heavy atom. The number of hydrogen-bond acceptors (Lipinski definition) is 3. The molecule has 0 saturated heterocycles. The van der Waals surface area contributed by atoms with Crippen LogP contribution in [0, 0.1) is 17.9 Å². The van der Waals surface area contributed by atoms with Crippen molar-refractivity contribution in [2.45, 2.75) is 39.4 Å². The standard InChI is InChI=1S/C20H15FNS.C14H16NSi.Ir/c1-12(2)13-9-10-22-18(11-13)16-7-3-5-14-15-6-4-8-17(21)20(15)23-19(14)16;1-16(2,3)13-9-10-14(15-11-13)12-7-5-4-6-8-12;/h3-6,8-12H,1-2H3;4-7,9-11H,1-3H3;/q2*-1;. The minimum absolute atomic E-state index is 0. The Hall–Kier alpha value is -3.02. The van der Waals surface area contributed by atoms with Gasteiger partial charge in [-0.3, -0.25) is 0 Å². The van der Waals surface area contributed by atoms with E-state index in [0.29, 0.717) is 10.6 Å². The number of rotatable bonds is 4. The Morgan fingerprint density at radius 1 is 0.800 bits per heavy atom. The molecule has 6 rings (SSSR count). The van der Waals surface area contributed by atoms with Crippen molar-refractivity contribution in [3.63, 3.8) is 0 Å². The van der Waals surface area contributed by atoms with Crippen molar-refractivity contribution in [2.75, 3.05) is 0 Å². The zero-order valence-corrected chi connectivity index (χ0v) is 27.5. The maximum atomic E-state index is 14.1. The molecule has 0 amide bonds. The van der Waals surface area contributed by atoms with Crippen LogP contribution < -0.4 is 5.19 Å². The van der Waals surface area contributed by atoms with E-state index in [1.807, 2.05) is 60.9 Å². The quantitative estimate of drug-likeness (QED) is 0.133. The van der Waals surface area contributed by atoms with Crippen LogP contribution in [0.15, 0.2) is 91.3 Å². The largest absolute Gasteiger partial charge is 0.305 e. The van der Waals surface area contributed by atoms with E-state index in [1.54, 1.807) is 6.07 Å². The predicted molar refractivity (Wildman–Crippen MR) is 167 cm³/mol. The average molecular weight is 739 g/mol. The van der Waals surface area contributed by atoms with E-state index < -0.39 is 8.07 Å². The molecule has 0 bridgehead atoms. The van der Waals surface area contributed by atoms with Crippen molar-refractivity contribution in [1.29, 1.82) is 0 Å². The summed E-state index contributed by atoms with van der Waals surface area (Å²) >= 11 is 1.48. The van der Waals surface area contributed by atoms with Gasteiger partial charge in [-0.2, -0.15) is 11.3 Å². The summed E-state index contributed by atoms with van der Waals surface area (Å²) in [5.41, 5.74) is 5.15. The number of pyridine rings is 2. The van der Waals surface area contributed by atoms with Gasteiger partial charge >= 0.3 is 0 Å². The Balaban J connectivity index is 0.000000192. The molecule has 40 heavy (non-hydrogen) atoms. The Labute approximate surface area is 254 Å². The molecule has 205 valence electrons. The fraction of sp³-hybridized carbons (Fsp3) is 0.176. The summed E-state index contributed by atoms with van der Waals surface area (Å²) in [6, 6.07) is 32.0. The zero-order valence-electron chi connectivity index (χ0n) is 23.3. The summed E-state index contributed by atoms with van der Waals surface area (Å²) in [5, 5.41) is 3.42. The van der Waals surface area contributed by atoms with Crippen molar-refractivity contribution in [1.82, 2.24) is 9.97 Å². The molecule has 3 aromatic heterocycles. The fourth-order valence-electron chi connectivity index (χ4n) is 4.41. The third kappa shape index (κ3) is 6.47. The summed E-state index contributed by atoms with van der Waals surface area (Å²) in [6.45, 7) is 11.3. The van der Waals surface area contributed by atoms with Crippen LogP contribution in [-0.2, 0) is 20.1 Å². The zero-order chi connectivity index (χ0) is 27.6. The van der Waals surface area contributed by atoms with Gasteiger partial charge in [0.1, 0.15) is 5.82 Å². The molecule has 6 heteroatoms. The fourth-order valence-corrected chi connectivity index (χ4v) is 6.66. The molecular formula is C34H31FIrN2SSi-2. The summed E-state index contributed by atoms with van der Waals surface area (Å²) < 4.78 is 15.9. The molecule has 0 aliphatic heterocycles. The number of fused-ring (bicyclic) bond motifs is 3. The summed E-state index contributed by atoms with van der Waals surface area (Å²) in [4.78, 5) is 9.04. The predicted octanol–water partition coefficient (Wildman–Crippen LogP) is 9.27. The van der Waals surface area contributed by atoms with Crippen molar-refractivity contribution in [3.05, 3.63) is 115 Å². The van der Waals surface area contributed by atoms with Gasteiger partial charge in [-0.1, -0.05) is 74.8 Å². The van der Waals surface area contributed by atoms with E-state index in [2.05, 4.69) is 73.8 Å². The van der Waals surface area contributed by atoms with Crippen LogP contribution in [0.3, 0.4) is 0 Å². The number of halogens is 1. The van der Waals surface area contributed by atoms with Gasteiger partial charge in [0.25, 0.3) is 0 Å². The van der Waals surface area contributed by atoms with Gasteiger partial charge in [0.15, 0.2) is 0 Å². The van der Waals surface area contributed by atoms with Gasteiger partial charge in [0.2, 0.25) is 0 Å². The molecule has 6 aromatic rings. The Kier molecular flexibility index (Phi) is 9.47. The van der Waals surface area contributed by atoms with E-state index in [-0.39, 0.29) is 25.9 Å². The first kappa shape index (κ1) is 29.9. The van der Waals surface area contributed by atoms with E-state index >= 15 is 0 Å². The minimum Gasteiger partial charge on any atom is -0.305 e. The van der Waals surface area contributed by atoms with E-state index in [0.717, 1.165) is 38.0 Å². The normalized spacial score (nSPS) is 11.3. The maximum absolute atomic E-state index is 14.1. The topological polar surface area (TPSA) is 25.8 Å². The third-order valence-electron chi connectivity index (χ3n) is 6.73. The van der Waals surface area contributed by atoms with Gasteiger partial charge in [-0.25, -0.2) is 4.39 Å². The molecule has 0 saturated carbocycles. The number of thiophene rings is 1. The second kappa shape index (κ2) is 12.7. The molecule has 3 heterocycles. The van der Waals surface area contributed by atoms with Crippen LogP contribution in [0.4, 0.5) is 4.39 Å². The molecule has 0 aliphatic rings.